The highest BCUT2D eigenvalue weighted by Crippen LogP contribution is 2.29. The van der Waals surface area contributed by atoms with Crippen LogP contribution in [0.4, 0.5) is 16.3 Å². The summed E-state index contributed by atoms with van der Waals surface area (Å²) in [6.45, 7) is 5.13. The van der Waals surface area contributed by atoms with E-state index in [1.165, 1.54) is 0 Å². The van der Waals surface area contributed by atoms with Crippen molar-refractivity contribution in [3.05, 3.63) is 54.2 Å². The number of imidazole rings is 1. The van der Waals surface area contributed by atoms with Crippen LogP contribution in [0.2, 0.25) is 0 Å². The topological polar surface area (TPSA) is 121 Å². The first kappa shape index (κ1) is 20.2. The first-order valence-corrected chi connectivity index (χ1v) is 10.1. The Kier molecular flexibility index (Phi) is 5.41. The van der Waals surface area contributed by atoms with Gasteiger partial charge >= 0.3 is 6.03 Å². The van der Waals surface area contributed by atoms with Gasteiger partial charge in [0.05, 0.1) is 34.6 Å². The van der Waals surface area contributed by atoms with Crippen LogP contribution in [0.15, 0.2) is 48.7 Å². The molecule has 0 bridgehead atoms. The van der Waals surface area contributed by atoms with E-state index in [4.69, 9.17) is 10.7 Å². The second kappa shape index (κ2) is 8.32. The molecule has 0 saturated heterocycles. The minimum absolute atomic E-state index is 0.552. The minimum atomic E-state index is -0.606. The first-order valence-electron chi connectivity index (χ1n) is 10.1. The number of rotatable bonds is 6. The number of nitrogens with two attached hydrogens (primary N) is 1. The number of nitrogens with zero attached hydrogens (tertiary/aromatic N) is 4. The Morgan fingerprint density at radius 1 is 1.23 bits per heavy atom. The second-order valence-corrected chi connectivity index (χ2v) is 7.75. The molecule has 4 N–H and O–H groups in total. The van der Waals surface area contributed by atoms with Gasteiger partial charge in [-0.1, -0.05) is 26.0 Å². The molecule has 2 heterocycles. The molecule has 0 fully saturated rings. The molecule has 0 saturated carbocycles. The number of urea groups is 1. The van der Waals surface area contributed by atoms with Crippen LogP contribution in [0.25, 0.3) is 27.9 Å². The van der Waals surface area contributed by atoms with Crippen LogP contribution < -0.4 is 16.4 Å². The third kappa shape index (κ3) is 4.12. The van der Waals surface area contributed by atoms with E-state index in [0.717, 1.165) is 35.4 Å². The summed E-state index contributed by atoms with van der Waals surface area (Å²) < 4.78 is 2.04. The lowest BCUT2D eigenvalue weighted by atomic mass is 10.1. The van der Waals surface area contributed by atoms with Crippen molar-refractivity contribution in [1.82, 2.24) is 14.4 Å². The molecular weight excluding hydrogens is 390 g/mol. The molecule has 0 atom stereocenters. The average Bonchev–Trinajstić information content (AvgIpc) is 3.19. The standard InChI is InChI=1S/C23H23N7O/c1-14(2)9-10-26-21-22-27-13-20(16-4-6-17(7-5-16)28-23(25)31)30(22)19-8-3-15(12-24)11-18(19)29-21/h3-8,11,13-14H,9-10H2,1-2H3,(H,26,29)(H3,25,28,31). The van der Waals surface area contributed by atoms with Gasteiger partial charge in [-0.05, 0) is 42.7 Å². The molecular formula is C23H23N7O. The molecule has 0 aliphatic heterocycles. The predicted octanol–water partition coefficient (Wildman–Crippen LogP) is 4.37. The van der Waals surface area contributed by atoms with Crippen LogP contribution in [0.3, 0.4) is 0 Å². The molecule has 0 aliphatic carbocycles. The van der Waals surface area contributed by atoms with Crippen molar-refractivity contribution < 1.29 is 4.79 Å². The zero-order valence-electron chi connectivity index (χ0n) is 17.4. The lowest BCUT2D eigenvalue weighted by molar-refractivity contribution is 0.259. The number of nitrogens with one attached hydrogen (secondary N) is 2. The van der Waals surface area contributed by atoms with Crippen LogP contribution in [-0.2, 0) is 0 Å². The Morgan fingerprint density at radius 3 is 2.68 bits per heavy atom. The Hall–Kier alpha value is -4.12. The third-order valence-electron chi connectivity index (χ3n) is 5.01. The fourth-order valence-corrected chi connectivity index (χ4v) is 3.47. The van der Waals surface area contributed by atoms with Gasteiger partial charge in [0.1, 0.15) is 0 Å². The number of benzene rings is 2. The maximum absolute atomic E-state index is 11.1. The number of aromatic nitrogens is 3. The van der Waals surface area contributed by atoms with E-state index in [0.29, 0.717) is 28.5 Å². The number of amides is 2. The molecule has 156 valence electrons. The van der Waals surface area contributed by atoms with Crippen molar-refractivity contribution in [2.24, 2.45) is 11.7 Å². The molecule has 0 radical (unpaired) electrons. The molecule has 31 heavy (non-hydrogen) atoms. The second-order valence-electron chi connectivity index (χ2n) is 7.75. The summed E-state index contributed by atoms with van der Waals surface area (Å²) in [4.78, 5) is 20.5. The molecule has 8 nitrogen and oxygen atoms in total. The average molecular weight is 413 g/mol. The fraction of sp³-hybridized carbons (Fsp3) is 0.217. The van der Waals surface area contributed by atoms with Gasteiger partial charge in [-0.3, -0.25) is 4.40 Å². The quantitative estimate of drug-likeness (QED) is 0.433. The summed E-state index contributed by atoms with van der Waals surface area (Å²) in [5.74, 6) is 1.25. The number of primary amides is 1. The number of hydrogen-bond donors (Lipinski definition) is 3. The highest BCUT2D eigenvalue weighted by Gasteiger charge is 2.15. The number of hydrogen-bond acceptors (Lipinski definition) is 5. The molecule has 0 unspecified atom stereocenters. The zero-order chi connectivity index (χ0) is 22.0. The van der Waals surface area contributed by atoms with Crippen LogP contribution >= 0.6 is 0 Å². The predicted molar refractivity (Wildman–Crippen MR) is 122 cm³/mol. The molecule has 0 spiro atoms. The summed E-state index contributed by atoms with van der Waals surface area (Å²) >= 11 is 0. The summed E-state index contributed by atoms with van der Waals surface area (Å²) in [5, 5.41) is 15.3. The maximum Gasteiger partial charge on any atom is 0.316 e. The molecule has 8 heteroatoms. The van der Waals surface area contributed by atoms with Crippen molar-refractivity contribution in [2.75, 3.05) is 17.2 Å². The van der Waals surface area contributed by atoms with Crippen molar-refractivity contribution in [1.29, 1.82) is 5.26 Å². The number of carbonyl (C=O) groups is 1. The van der Waals surface area contributed by atoms with Crippen molar-refractivity contribution >= 4 is 34.2 Å². The summed E-state index contributed by atoms with van der Waals surface area (Å²) in [5.41, 5.74) is 10.5. The van der Waals surface area contributed by atoms with E-state index in [2.05, 4.69) is 35.5 Å². The smallest absolute Gasteiger partial charge is 0.316 e. The van der Waals surface area contributed by atoms with Crippen LogP contribution in [0, 0.1) is 17.2 Å². The molecule has 4 aromatic rings. The van der Waals surface area contributed by atoms with Gasteiger partial charge in [-0.15, -0.1) is 0 Å². The Bertz CT molecular complexity index is 1300. The van der Waals surface area contributed by atoms with Crippen LogP contribution in [0.1, 0.15) is 25.8 Å². The normalized spacial score (nSPS) is 11.0. The van der Waals surface area contributed by atoms with E-state index in [-0.39, 0.29) is 0 Å². The van der Waals surface area contributed by atoms with Gasteiger partial charge in [-0.2, -0.15) is 5.26 Å². The van der Waals surface area contributed by atoms with Gasteiger partial charge in [0.25, 0.3) is 0 Å². The van der Waals surface area contributed by atoms with Gasteiger partial charge in [0.15, 0.2) is 11.5 Å². The van der Waals surface area contributed by atoms with E-state index >= 15 is 0 Å². The van der Waals surface area contributed by atoms with Crippen molar-refractivity contribution in [2.45, 2.75) is 20.3 Å². The fourth-order valence-electron chi connectivity index (χ4n) is 3.47. The molecule has 2 aromatic heterocycles. The van der Waals surface area contributed by atoms with E-state index < -0.39 is 6.03 Å². The van der Waals surface area contributed by atoms with Crippen LogP contribution in [-0.4, -0.2) is 26.9 Å². The zero-order valence-corrected chi connectivity index (χ0v) is 17.4. The molecule has 2 aromatic carbocycles. The van der Waals surface area contributed by atoms with Crippen molar-refractivity contribution in [3.8, 4) is 17.3 Å². The van der Waals surface area contributed by atoms with E-state index in [9.17, 15) is 10.1 Å². The first-order chi connectivity index (χ1) is 15.0. The Morgan fingerprint density at radius 2 is 2.00 bits per heavy atom. The monoisotopic (exact) mass is 413 g/mol. The van der Waals surface area contributed by atoms with Crippen molar-refractivity contribution in [3.63, 3.8) is 0 Å². The molecule has 0 aliphatic rings. The highest BCUT2D eigenvalue weighted by molar-refractivity contribution is 5.89. The van der Waals surface area contributed by atoms with Crippen LogP contribution in [0.5, 0.6) is 0 Å². The van der Waals surface area contributed by atoms with Gasteiger partial charge < -0.3 is 16.4 Å². The summed E-state index contributed by atoms with van der Waals surface area (Å²) in [6.07, 6.45) is 2.81. The number of nitriles is 1. The minimum Gasteiger partial charge on any atom is -0.367 e. The SMILES string of the molecule is CC(C)CCNc1nc2cc(C#N)ccc2n2c(-c3ccc(NC(N)=O)cc3)cnc12. The van der Waals surface area contributed by atoms with E-state index in [1.54, 1.807) is 30.5 Å². The summed E-state index contributed by atoms with van der Waals surface area (Å²) in [6, 6.07) is 14.4. The number of fused-ring (bicyclic) bond motifs is 3. The number of carbonyl (C=O) groups excluding carboxylic acids is 1. The van der Waals surface area contributed by atoms with E-state index in [1.807, 2.05) is 22.6 Å². The Balaban J connectivity index is 1.86. The van der Waals surface area contributed by atoms with Gasteiger partial charge in [0.2, 0.25) is 0 Å². The largest absolute Gasteiger partial charge is 0.367 e. The molecule has 2 amide bonds. The third-order valence-corrected chi connectivity index (χ3v) is 5.01. The molecule has 4 rings (SSSR count). The lowest BCUT2D eigenvalue weighted by Gasteiger charge is -2.13. The number of anilines is 2. The van der Waals surface area contributed by atoms with Gasteiger partial charge in [0, 0.05) is 17.8 Å². The maximum atomic E-state index is 11.1. The van der Waals surface area contributed by atoms with Gasteiger partial charge in [-0.25, -0.2) is 14.8 Å². The lowest BCUT2D eigenvalue weighted by Crippen LogP contribution is -2.19. The Labute approximate surface area is 179 Å². The summed E-state index contributed by atoms with van der Waals surface area (Å²) in [7, 11) is 0. The highest BCUT2D eigenvalue weighted by atomic mass is 16.2.